The van der Waals surface area contributed by atoms with Gasteiger partial charge >= 0.3 is 5.97 Å². The standard InChI is InChI=1S/C10H14N2O2/c1-8(2)12-7-6-11-9(12)4-5-10(13)14-3/h4-8H,1-3H3/b5-4+. The minimum atomic E-state index is -0.372. The number of hydrogen-bond acceptors (Lipinski definition) is 3. The van der Waals surface area contributed by atoms with Gasteiger partial charge in [0.2, 0.25) is 0 Å². The van der Waals surface area contributed by atoms with E-state index >= 15 is 0 Å². The number of rotatable bonds is 3. The Balaban J connectivity index is 2.81. The van der Waals surface area contributed by atoms with Crippen LogP contribution in [0.5, 0.6) is 0 Å². The van der Waals surface area contributed by atoms with Crippen LogP contribution in [0.25, 0.3) is 6.08 Å². The summed E-state index contributed by atoms with van der Waals surface area (Å²) in [5.41, 5.74) is 0. The predicted molar refractivity (Wildman–Crippen MR) is 53.7 cm³/mol. The molecule has 0 fully saturated rings. The molecule has 0 atom stereocenters. The minimum Gasteiger partial charge on any atom is -0.466 e. The third kappa shape index (κ3) is 2.45. The fraction of sp³-hybridized carbons (Fsp3) is 0.400. The molecule has 14 heavy (non-hydrogen) atoms. The first-order chi connectivity index (χ1) is 6.65. The van der Waals surface area contributed by atoms with Gasteiger partial charge in [0.05, 0.1) is 7.11 Å². The van der Waals surface area contributed by atoms with Crippen molar-refractivity contribution in [3.63, 3.8) is 0 Å². The van der Waals surface area contributed by atoms with Crippen LogP contribution in [0.1, 0.15) is 25.7 Å². The van der Waals surface area contributed by atoms with Gasteiger partial charge in [0.15, 0.2) is 0 Å². The highest BCUT2D eigenvalue weighted by Crippen LogP contribution is 2.09. The zero-order valence-corrected chi connectivity index (χ0v) is 8.60. The highest BCUT2D eigenvalue weighted by atomic mass is 16.5. The molecule has 4 heteroatoms. The van der Waals surface area contributed by atoms with Crippen LogP contribution >= 0.6 is 0 Å². The van der Waals surface area contributed by atoms with Crippen molar-refractivity contribution in [3.05, 3.63) is 24.3 Å². The zero-order valence-electron chi connectivity index (χ0n) is 8.60. The van der Waals surface area contributed by atoms with E-state index in [1.54, 1.807) is 12.3 Å². The molecule has 76 valence electrons. The average Bonchev–Trinajstić information content (AvgIpc) is 2.62. The minimum absolute atomic E-state index is 0.329. The first-order valence-electron chi connectivity index (χ1n) is 4.44. The third-order valence-electron chi connectivity index (χ3n) is 1.82. The molecule has 0 aliphatic carbocycles. The Morgan fingerprint density at radius 2 is 2.36 bits per heavy atom. The number of nitrogens with zero attached hydrogens (tertiary/aromatic N) is 2. The Kier molecular flexibility index (Phi) is 3.45. The number of ether oxygens (including phenoxy) is 1. The number of aromatic nitrogens is 2. The molecule has 0 unspecified atom stereocenters. The molecule has 0 aliphatic heterocycles. The van der Waals surface area contributed by atoms with E-state index in [-0.39, 0.29) is 5.97 Å². The van der Waals surface area contributed by atoms with Gasteiger partial charge in [-0.05, 0) is 19.9 Å². The van der Waals surface area contributed by atoms with Crippen LogP contribution in [-0.2, 0) is 9.53 Å². The number of hydrogen-bond donors (Lipinski definition) is 0. The van der Waals surface area contributed by atoms with Crippen LogP contribution in [0.2, 0.25) is 0 Å². The Hall–Kier alpha value is -1.58. The number of carbonyl (C=O) groups is 1. The summed E-state index contributed by atoms with van der Waals surface area (Å²) in [5.74, 6) is 0.383. The summed E-state index contributed by atoms with van der Waals surface area (Å²) >= 11 is 0. The second-order valence-corrected chi connectivity index (χ2v) is 3.14. The van der Waals surface area contributed by atoms with Crippen molar-refractivity contribution >= 4 is 12.0 Å². The quantitative estimate of drug-likeness (QED) is 0.543. The third-order valence-corrected chi connectivity index (χ3v) is 1.82. The van der Waals surface area contributed by atoms with E-state index in [9.17, 15) is 4.79 Å². The first kappa shape index (κ1) is 10.5. The monoisotopic (exact) mass is 194 g/mol. The SMILES string of the molecule is COC(=O)/C=C/c1nccn1C(C)C. The summed E-state index contributed by atoms with van der Waals surface area (Å²) in [6, 6.07) is 0.329. The van der Waals surface area contributed by atoms with E-state index in [0.717, 1.165) is 5.82 Å². The molecule has 0 amide bonds. The van der Waals surface area contributed by atoms with Gasteiger partial charge in [-0.15, -0.1) is 0 Å². The summed E-state index contributed by atoms with van der Waals surface area (Å²) in [5, 5.41) is 0. The lowest BCUT2D eigenvalue weighted by Gasteiger charge is -2.07. The smallest absolute Gasteiger partial charge is 0.330 e. The summed E-state index contributed by atoms with van der Waals surface area (Å²) in [7, 11) is 1.35. The number of imidazole rings is 1. The molecule has 1 heterocycles. The van der Waals surface area contributed by atoms with Gasteiger partial charge in [0.25, 0.3) is 0 Å². The van der Waals surface area contributed by atoms with Crippen LogP contribution in [-0.4, -0.2) is 22.6 Å². The lowest BCUT2D eigenvalue weighted by Crippen LogP contribution is -2.02. The maximum Gasteiger partial charge on any atom is 0.330 e. The van der Waals surface area contributed by atoms with Crippen molar-refractivity contribution in [1.29, 1.82) is 0 Å². The second-order valence-electron chi connectivity index (χ2n) is 3.14. The fourth-order valence-electron chi connectivity index (χ4n) is 1.10. The molecule has 0 aromatic carbocycles. The average molecular weight is 194 g/mol. The normalized spacial score (nSPS) is 11.1. The van der Waals surface area contributed by atoms with Gasteiger partial charge < -0.3 is 9.30 Å². The molecular weight excluding hydrogens is 180 g/mol. The van der Waals surface area contributed by atoms with Crippen molar-refractivity contribution in [1.82, 2.24) is 9.55 Å². The second kappa shape index (κ2) is 4.60. The Bertz CT molecular complexity index is 340. The van der Waals surface area contributed by atoms with Gasteiger partial charge in [-0.1, -0.05) is 0 Å². The van der Waals surface area contributed by atoms with E-state index in [1.165, 1.54) is 13.2 Å². The Morgan fingerprint density at radius 3 is 2.93 bits per heavy atom. The molecule has 0 N–H and O–H groups in total. The fourth-order valence-corrected chi connectivity index (χ4v) is 1.10. The topological polar surface area (TPSA) is 44.1 Å². The Morgan fingerprint density at radius 1 is 1.64 bits per heavy atom. The molecule has 0 aliphatic rings. The summed E-state index contributed by atoms with van der Waals surface area (Å²) in [4.78, 5) is 15.0. The van der Waals surface area contributed by atoms with Gasteiger partial charge in [0.1, 0.15) is 5.82 Å². The van der Waals surface area contributed by atoms with Crippen LogP contribution in [0, 0.1) is 0 Å². The molecular formula is C10H14N2O2. The zero-order chi connectivity index (χ0) is 10.6. The molecule has 0 saturated carbocycles. The predicted octanol–water partition coefficient (Wildman–Crippen LogP) is 1.65. The van der Waals surface area contributed by atoms with Crippen molar-refractivity contribution in [2.45, 2.75) is 19.9 Å². The number of carbonyl (C=O) groups excluding carboxylic acids is 1. The highest BCUT2D eigenvalue weighted by Gasteiger charge is 2.02. The maximum absolute atomic E-state index is 10.8. The maximum atomic E-state index is 10.8. The molecule has 1 rings (SSSR count). The summed E-state index contributed by atoms with van der Waals surface area (Å²) < 4.78 is 6.46. The van der Waals surface area contributed by atoms with Gasteiger partial charge in [-0.3, -0.25) is 0 Å². The number of esters is 1. The lowest BCUT2D eigenvalue weighted by atomic mass is 10.3. The molecule has 0 spiro atoms. The molecule has 0 radical (unpaired) electrons. The summed E-state index contributed by atoms with van der Waals surface area (Å²) in [6.45, 7) is 4.11. The molecule has 4 nitrogen and oxygen atoms in total. The van der Waals surface area contributed by atoms with E-state index in [2.05, 4.69) is 23.6 Å². The summed E-state index contributed by atoms with van der Waals surface area (Å²) in [6.07, 6.45) is 6.59. The van der Waals surface area contributed by atoms with Crippen LogP contribution in [0.15, 0.2) is 18.5 Å². The van der Waals surface area contributed by atoms with E-state index in [4.69, 9.17) is 0 Å². The largest absolute Gasteiger partial charge is 0.466 e. The molecule has 1 aromatic rings. The van der Waals surface area contributed by atoms with E-state index in [1.807, 2.05) is 10.8 Å². The van der Waals surface area contributed by atoms with Crippen molar-refractivity contribution < 1.29 is 9.53 Å². The molecule has 1 aromatic heterocycles. The molecule has 0 bridgehead atoms. The van der Waals surface area contributed by atoms with Crippen LogP contribution < -0.4 is 0 Å². The van der Waals surface area contributed by atoms with Crippen LogP contribution in [0.4, 0.5) is 0 Å². The lowest BCUT2D eigenvalue weighted by molar-refractivity contribution is -0.134. The highest BCUT2D eigenvalue weighted by molar-refractivity contribution is 5.86. The Labute approximate surface area is 83.2 Å². The van der Waals surface area contributed by atoms with Crippen molar-refractivity contribution in [2.75, 3.05) is 7.11 Å². The van der Waals surface area contributed by atoms with E-state index < -0.39 is 0 Å². The number of methoxy groups -OCH3 is 1. The van der Waals surface area contributed by atoms with Crippen LogP contribution in [0.3, 0.4) is 0 Å². The van der Waals surface area contributed by atoms with E-state index in [0.29, 0.717) is 6.04 Å². The first-order valence-corrected chi connectivity index (χ1v) is 4.44. The van der Waals surface area contributed by atoms with Gasteiger partial charge in [-0.2, -0.15) is 0 Å². The van der Waals surface area contributed by atoms with Crippen molar-refractivity contribution in [2.24, 2.45) is 0 Å². The van der Waals surface area contributed by atoms with Gasteiger partial charge in [0, 0.05) is 24.5 Å². The van der Waals surface area contributed by atoms with Gasteiger partial charge in [-0.25, -0.2) is 9.78 Å². The van der Waals surface area contributed by atoms with Crippen molar-refractivity contribution in [3.8, 4) is 0 Å². The molecule has 0 saturated heterocycles.